The van der Waals surface area contributed by atoms with E-state index < -0.39 is 0 Å². The molecule has 1 aliphatic rings. The lowest BCUT2D eigenvalue weighted by atomic mass is 10.1. The zero-order chi connectivity index (χ0) is 11.5. The first-order valence-corrected chi connectivity index (χ1v) is 5.74. The maximum Gasteiger partial charge on any atom is 0.144 e. The van der Waals surface area contributed by atoms with Gasteiger partial charge in [0.05, 0.1) is 6.20 Å². The van der Waals surface area contributed by atoms with Gasteiger partial charge in [-0.05, 0) is 45.0 Å². The Bertz CT molecular complexity index is 354. The first-order valence-electron chi connectivity index (χ1n) is 5.74. The number of nitrogens with zero attached hydrogens (tertiary/aromatic N) is 2. The van der Waals surface area contributed by atoms with Gasteiger partial charge in [0.1, 0.15) is 12.0 Å². The molecule has 0 bridgehead atoms. The first kappa shape index (κ1) is 11.4. The molecule has 4 heteroatoms. The highest BCUT2D eigenvalue weighted by Crippen LogP contribution is 2.31. The van der Waals surface area contributed by atoms with E-state index in [1.54, 1.807) is 6.20 Å². The molecule has 2 N–H and O–H groups in total. The van der Waals surface area contributed by atoms with Crippen molar-refractivity contribution in [1.82, 2.24) is 9.88 Å². The molecule has 1 saturated heterocycles. The summed E-state index contributed by atoms with van der Waals surface area (Å²) in [4.78, 5) is 6.56. The van der Waals surface area contributed by atoms with Crippen LogP contribution in [-0.2, 0) is 0 Å². The number of rotatable bonds is 3. The van der Waals surface area contributed by atoms with Gasteiger partial charge in [0.2, 0.25) is 0 Å². The fraction of sp³-hybridized carbons (Fsp3) is 0.583. The number of aromatic nitrogens is 1. The van der Waals surface area contributed by atoms with Crippen molar-refractivity contribution < 1.29 is 4.74 Å². The Morgan fingerprint density at radius 2 is 2.38 bits per heavy atom. The maximum atomic E-state index is 5.59. The standard InChI is InChI=1S/C12H19N3O/c1-9(13)16-11-6-10(7-14-8-11)12-4-3-5-15(12)2/h6-9,12H,3-5,13H2,1-2H3/t9?,12-/m0/s1. The minimum absolute atomic E-state index is 0.293. The topological polar surface area (TPSA) is 51.4 Å². The monoisotopic (exact) mass is 221 g/mol. The first-order chi connectivity index (χ1) is 7.66. The molecule has 1 unspecified atom stereocenters. The van der Waals surface area contributed by atoms with Crippen molar-refractivity contribution in [1.29, 1.82) is 0 Å². The lowest BCUT2D eigenvalue weighted by Crippen LogP contribution is -2.23. The molecule has 0 saturated carbocycles. The zero-order valence-electron chi connectivity index (χ0n) is 9.89. The third-order valence-electron chi connectivity index (χ3n) is 2.96. The Morgan fingerprint density at radius 3 is 3.00 bits per heavy atom. The van der Waals surface area contributed by atoms with Crippen LogP contribution in [0.15, 0.2) is 18.5 Å². The molecule has 1 fully saturated rings. The number of hydrogen-bond donors (Lipinski definition) is 1. The van der Waals surface area contributed by atoms with Gasteiger partial charge in [0.15, 0.2) is 0 Å². The van der Waals surface area contributed by atoms with Gasteiger partial charge in [-0.2, -0.15) is 0 Å². The Morgan fingerprint density at radius 1 is 1.56 bits per heavy atom. The molecule has 1 aromatic heterocycles. The van der Waals surface area contributed by atoms with Crippen LogP contribution in [0.5, 0.6) is 5.75 Å². The zero-order valence-corrected chi connectivity index (χ0v) is 9.89. The smallest absolute Gasteiger partial charge is 0.144 e. The second-order valence-corrected chi connectivity index (χ2v) is 4.42. The SMILES string of the molecule is CC(N)Oc1cncc([C@@H]2CCCN2C)c1. The van der Waals surface area contributed by atoms with Crippen molar-refractivity contribution in [2.45, 2.75) is 32.0 Å². The molecular formula is C12H19N3O. The number of likely N-dealkylation sites (tertiary alicyclic amines) is 1. The molecule has 0 aromatic carbocycles. The summed E-state index contributed by atoms with van der Waals surface area (Å²) in [5, 5.41) is 0. The lowest BCUT2D eigenvalue weighted by molar-refractivity contribution is 0.228. The van der Waals surface area contributed by atoms with Crippen LogP contribution in [0, 0.1) is 0 Å². The molecule has 0 radical (unpaired) electrons. The Balaban J connectivity index is 2.15. The molecule has 16 heavy (non-hydrogen) atoms. The molecular weight excluding hydrogens is 202 g/mol. The maximum absolute atomic E-state index is 5.59. The van der Waals surface area contributed by atoms with E-state index in [-0.39, 0.29) is 6.23 Å². The molecule has 0 aliphatic carbocycles. The quantitative estimate of drug-likeness (QED) is 0.786. The summed E-state index contributed by atoms with van der Waals surface area (Å²) in [7, 11) is 2.15. The van der Waals surface area contributed by atoms with Crippen LogP contribution < -0.4 is 10.5 Å². The van der Waals surface area contributed by atoms with Gasteiger partial charge in [-0.15, -0.1) is 0 Å². The Hall–Kier alpha value is -1.13. The molecule has 2 atom stereocenters. The molecule has 4 nitrogen and oxygen atoms in total. The van der Waals surface area contributed by atoms with Gasteiger partial charge in [0, 0.05) is 12.2 Å². The minimum Gasteiger partial charge on any atom is -0.474 e. The van der Waals surface area contributed by atoms with Crippen LogP contribution in [0.25, 0.3) is 0 Å². The van der Waals surface area contributed by atoms with Crippen LogP contribution in [0.3, 0.4) is 0 Å². The van der Waals surface area contributed by atoms with Gasteiger partial charge in [-0.25, -0.2) is 0 Å². The van der Waals surface area contributed by atoms with E-state index in [0.717, 1.165) is 12.3 Å². The van der Waals surface area contributed by atoms with Gasteiger partial charge in [-0.1, -0.05) is 0 Å². The molecule has 1 aliphatic heterocycles. The minimum atomic E-state index is -0.293. The fourth-order valence-corrected chi connectivity index (χ4v) is 2.23. The largest absolute Gasteiger partial charge is 0.474 e. The average Bonchev–Trinajstić information content (AvgIpc) is 2.64. The number of ether oxygens (including phenoxy) is 1. The number of hydrogen-bond acceptors (Lipinski definition) is 4. The van der Waals surface area contributed by atoms with E-state index in [4.69, 9.17) is 10.5 Å². The van der Waals surface area contributed by atoms with Crippen molar-refractivity contribution in [3.05, 3.63) is 24.0 Å². The summed E-state index contributed by atoms with van der Waals surface area (Å²) in [5.41, 5.74) is 6.82. The van der Waals surface area contributed by atoms with Gasteiger partial charge >= 0.3 is 0 Å². The van der Waals surface area contributed by atoms with Crippen LogP contribution >= 0.6 is 0 Å². The van der Waals surface area contributed by atoms with E-state index >= 15 is 0 Å². The highest BCUT2D eigenvalue weighted by Gasteiger charge is 2.23. The van der Waals surface area contributed by atoms with E-state index in [1.807, 2.05) is 19.2 Å². The summed E-state index contributed by atoms with van der Waals surface area (Å²) in [5.74, 6) is 0.757. The summed E-state index contributed by atoms with van der Waals surface area (Å²) in [6.45, 7) is 2.97. The molecule has 2 rings (SSSR count). The van der Waals surface area contributed by atoms with Crippen LogP contribution in [0.2, 0.25) is 0 Å². The second-order valence-electron chi connectivity index (χ2n) is 4.42. The normalized spacial score (nSPS) is 23.3. The van der Waals surface area contributed by atoms with Crippen LogP contribution in [0.4, 0.5) is 0 Å². The highest BCUT2D eigenvalue weighted by molar-refractivity contribution is 5.26. The van der Waals surface area contributed by atoms with Gasteiger partial charge in [-0.3, -0.25) is 15.6 Å². The predicted octanol–water partition coefficient (Wildman–Crippen LogP) is 1.53. The van der Waals surface area contributed by atoms with Crippen molar-refractivity contribution in [3.63, 3.8) is 0 Å². The number of nitrogens with two attached hydrogens (primary N) is 1. The predicted molar refractivity (Wildman–Crippen MR) is 63.1 cm³/mol. The summed E-state index contributed by atoms with van der Waals surface area (Å²) in [6.07, 6.45) is 5.78. The molecule has 0 amide bonds. The molecule has 88 valence electrons. The third kappa shape index (κ3) is 2.51. The van der Waals surface area contributed by atoms with Crippen molar-refractivity contribution >= 4 is 0 Å². The third-order valence-corrected chi connectivity index (χ3v) is 2.96. The molecule has 1 aromatic rings. The summed E-state index contributed by atoms with van der Waals surface area (Å²) >= 11 is 0. The molecule has 2 heterocycles. The fourth-order valence-electron chi connectivity index (χ4n) is 2.23. The second kappa shape index (κ2) is 4.80. The summed E-state index contributed by atoms with van der Waals surface area (Å²) in [6, 6.07) is 2.52. The highest BCUT2D eigenvalue weighted by atomic mass is 16.5. The Labute approximate surface area is 96.4 Å². The Kier molecular flexibility index (Phi) is 3.41. The van der Waals surface area contributed by atoms with E-state index in [9.17, 15) is 0 Å². The number of pyridine rings is 1. The van der Waals surface area contributed by atoms with Crippen LogP contribution in [-0.4, -0.2) is 29.7 Å². The summed E-state index contributed by atoms with van der Waals surface area (Å²) < 4.78 is 5.45. The van der Waals surface area contributed by atoms with Crippen molar-refractivity contribution in [3.8, 4) is 5.75 Å². The van der Waals surface area contributed by atoms with Gasteiger partial charge < -0.3 is 4.74 Å². The average molecular weight is 221 g/mol. The van der Waals surface area contributed by atoms with Crippen LogP contribution in [0.1, 0.15) is 31.4 Å². The van der Waals surface area contributed by atoms with E-state index in [2.05, 4.69) is 16.9 Å². The lowest BCUT2D eigenvalue weighted by Gasteiger charge is -2.20. The van der Waals surface area contributed by atoms with Gasteiger partial charge in [0.25, 0.3) is 0 Å². The van der Waals surface area contributed by atoms with Crippen molar-refractivity contribution in [2.24, 2.45) is 5.73 Å². The van der Waals surface area contributed by atoms with Crippen molar-refractivity contribution in [2.75, 3.05) is 13.6 Å². The van der Waals surface area contributed by atoms with E-state index in [0.29, 0.717) is 6.04 Å². The molecule has 0 spiro atoms. The van der Waals surface area contributed by atoms with E-state index in [1.165, 1.54) is 18.4 Å².